The zero-order valence-electron chi connectivity index (χ0n) is 2.42. The van der Waals surface area contributed by atoms with E-state index in [0.29, 0.717) is 0 Å². The highest BCUT2D eigenvalue weighted by Gasteiger charge is 1.92. The van der Waals surface area contributed by atoms with E-state index in [1.54, 1.807) is 0 Å². The summed E-state index contributed by atoms with van der Waals surface area (Å²) in [7, 11) is -2.17. The van der Waals surface area contributed by atoms with Gasteiger partial charge in [-0.1, -0.05) is 0 Å². The Bertz CT molecular complexity index is 13.5. The smallest absolute Gasteiger partial charge is 0.402 e. The molecular formula is H8B2O3S. The third-order valence-corrected chi connectivity index (χ3v) is 0. The van der Waals surface area contributed by atoms with Crippen LogP contribution in [-0.2, 0) is 0 Å². The lowest BCUT2D eigenvalue weighted by Crippen LogP contribution is -2.07. The summed E-state index contributed by atoms with van der Waals surface area (Å²) in [6.45, 7) is 0. The normalized spacial score (nSPS) is 4.50. The number of rotatable bonds is 0. The zero-order valence-corrected chi connectivity index (χ0v) is 3.42. The lowest BCUT2D eigenvalue weighted by Gasteiger charge is -1.69. The van der Waals surface area contributed by atoms with E-state index in [1.165, 1.54) is 0 Å². The first-order valence-electron chi connectivity index (χ1n) is 0.775. The molecule has 0 aliphatic rings. The maximum absolute atomic E-state index is 7.17. The van der Waals surface area contributed by atoms with Gasteiger partial charge in [0, 0.05) is 0 Å². The summed E-state index contributed by atoms with van der Waals surface area (Å²) >= 11 is 0. The van der Waals surface area contributed by atoms with Gasteiger partial charge < -0.3 is 15.1 Å². The largest absolute Gasteiger partial charge is 0.631 e. The average Bonchev–Trinajstić information content (AvgIpc) is 0.811. The maximum atomic E-state index is 7.17. The van der Waals surface area contributed by atoms with Gasteiger partial charge in [-0.05, 0) is 0 Å². The fourth-order valence-electron chi connectivity index (χ4n) is 0. The first-order valence-corrected chi connectivity index (χ1v) is 0.775. The van der Waals surface area contributed by atoms with E-state index < -0.39 is 7.32 Å². The van der Waals surface area contributed by atoms with Gasteiger partial charge in [0.2, 0.25) is 0 Å². The molecule has 0 radical (unpaired) electrons. The Morgan fingerprint density at radius 1 is 1.00 bits per heavy atom. The summed E-state index contributed by atoms with van der Waals surface area (Å²) < 4.78 is 0. The van der Waals surface area contributed by atoms with Crippen molar-refractivity contribution in [3.8, 4) is 0 Å². The minimum Gasteiger partial charge on any atom is -0.402 e. The van der Waals surface area contributed by atoms with Crippen molar-refractivity contribution in [1.29, 1.82) is 0 Å². The van der Waals surface area contributed by atoms with Crippen molar-refractivity contribution in [2.75, 3.05) is 0 Å². The molecule has 0 heterocycles. The summed E-state index contributed by atoms with van der Waals surface area (Å²) in [6.07, 6.45) is 0. The standard InChI is InChI=1S/BH3O3.BH3.H2S/c2-1(3)4;;/h2-4H;1H3;1H2. The fourth-order valence-corrected chi connectivity index (χ4v) is 0. The molecule has 6 heavy (non-hydrogen) atoms. The van der Waals surface area contributed by atoms with Crippen LogP contribution >= 0.6 is 13.5 Å². The Morgan fingerprint density at radius 3 is 1.00 bits per heavy atom. The van der Waals surface area contributed by atoms with E-state index in [0.717, 1.165) is 0 Å². The summed E-state index contributed by atoms with van der Waals surface area (Å²) in [5, 5.41) is 21.5. The Labute approximate surface area is 45.2 Å². The second-order valence-corrected chi connectivity index (χ2v) is 0.346. The van der Waals surface area contributed by atoms with Crippen molar-refractivity contribution in [1.82, 2.24) is 0 Å². The molecule has 0 atom stereocenters. The molecule has 0 aliphatic heterocycles. The predicted octanol–water partition coefficient (Wildman–Crippen LogP) is -3.12. The topological polar surface area (TPSA) is 60.7 Å². The van der Waals surface area contributed by atoms with Crippen LogP contribution in [0.2, 0.25) is 0 Å². The van der Waals surface area contributed by atoms with Crippen LogP contribution in [0.3, 0.4) is 0 Å². The van der Waals surface area contributed by atoms with Crippen LogP contribution in [0.15, 0.2) is 0 Å². The van der Waals surface area contributed by atoms with Crippen molar-refractivity contribution in [2.24, 2.45) is 0 Å². The highest BCUT2D eigenvalue weighted by Crippen LogP contribution is 1.40. The molecule has 0 saturated carbocycles. The molecular weight excluding hydrogens is 102 g/mol. The monoisotopic (exact) mass is 110 g/mol. The number of hydrogen-bond acceptors (Lipinski definition) is 3. The van der Waals surface area contributed by atoms with E-state index in [2.05, 4.69) is 0 Å². The first kappa shape index (κ1) is 16.2. The highest BCUT2D eigenvalue weighted by molar-refractivity contribution is 7.59. The van der Waals surface area contributed by atoms with Gasteiger partial charge in [-0.15, -0.1) is 0 Å². The summed E-state index contributed by atoms with van der Waals surface area (Å²) in [5.74, 6) is 0. The first-order chi connectivity index (χ1) is 1.73. The van der Waals surface area contributed by atoms with Gasteiger partial charge in [-0.2, -0.15) is 13.5 Å². The van der Waals surface area contributed by atoms with Crippen molar-refractivity contribution < 1.29 is 15.1 Å². The SMILES string of the molecule is B.OB(O)O.S. The molecule has 38 valence electrons. The van der Waals surface area contributed by atoms with Crippen LogP contribution in [0.1, 0.15) is 0 Å². The van der Waals surface area contributed by atoms with Gasteiger partial charge in [0.1, 0.15) is 0 Å². The van der Waals surface area contributed by atoms with Gasteiger partial charge in [0.25, 0.3) is 0 Å². The molecule has 0 bridgehead atoms. The Kier molecular flexibility index (Phi) is 24.3. The Hall–Kier alpha value is 0.360. The molecule has 0 saturated heterocycles. The van der Waals surface area contributed by atoms with Gasteiger partial charge >= 0.3 is 7.32 Å². The lowest BCUT2D eigenvalue weighted by molar-refractivity contribution is 0.278. The van der Waals surface area contributed by atoms with Crippen LogP contribution in [0.25, 0.3) is 0 Å². The average molecular weight is 110 g/mol. The Balaban J connectivity index is -0.0000000450. The summed E-state index contributed by atoms with van der Waals surface area (Å²) in [5.41, 5.74) is 0. The van der Waals surface area contributed by atoms with E-state index >= 15 is 0 Å². The second-order valence-electron chi connectivity index (χ2n) is 0.346. The van der Waals surface area contributed by atoms with Gasteiger partial charge in [-0.25, -0.2) is 0 Å². The van der Waals surface area contributed by atoms with E-state index in [-0.39, 0.29) is 21.9 Å². The van der Waals surface area contributed by atoms with E-state index in [4.69, 9.17) is 15.1 Å². The number of hydrogen-bond donors (Lipinski definition) is 3. The van der Waals surface area contributed by atoms with Gasteiger partial charge in [0.15, 0.2) is 0 Å². The predicted molar refractivity (Wildman–Crippen MR) is 32.7 cm³/mol. The third kappa shape index (κ3) is 380. The lowest BCUT2D eigenvalue weighted by atomic mass is 10.3. The minimum atomic E-state index is -2.17. The van der Waals surface area contributed by atoms with Crippen molar-refractivity contribution >= 4 is 29.2 Å². The molecule has 6 heteroatoms. The van der Waals surface area contributed by atoms with Crippen LogP contribution in [-0.4, -0.2) is 30.8 Å². The van der Waals surface area contributed by atoms with Crippen LogP contribution in [0, 0.1) is 0 Å². The van der Waals surface area contributed by atoms with Gasteiger partial charge in [0.05, 0.1) is 8.41 Å². The summed E-state index contributed by atoms with van der Waals surface area (Å²) in [4.78, 5) is 0. The summed E-state index contributed by atoms with van der Waals surface area (Å²) in [6, 6.07) is 0. The Morgan fingerprint density at radius 2 is 1.00 bits per heavy atom. The van der Waals surface area contributed by atoms with Crippen molar-refractivity contribution in [2.45, 2.75) is 0 Å². The molecule has 0 rings (SSSR count). The zero-order chi connectivity index (χ0) is 3.58. The van der Waals surface area contributed by atoms with E-state index in [9.17, 15) is 0 Å². The second kappa shape index (κ2) is 9.03. The molecule has 0 aromatic heterocycles. The fraction of sp³-hybridized carbons (Fsp3) is 0. The quantitative estimate of drug-likeness (QED) is 0.289. The molecule has 0 fully saturated rings. The molecule has 0 aliphatic carbocycles. The third-order valence-electron chi connectivity index (χ3n) is 0. The van der Waals surface area contributed by atoms with Crippen LogP contribution < -0.4 is 0 Å². The molecule has 0 amide bonds. The van der Waals surface area contributed by atoms with Gasteiger partial charge in [-0.3, -0.25) is 0 Å². The van der Waals surface area contributed by atoms with Crippen molar-refractivity contribution in [3.63, 3.8) is 0 Å². The molecule has 3 N–H and O–H groups in total. The molecule has 0 spiro atoms. The molecule has 0 unspecified atom stereocenters. The van der Waals surface area contributed by atoms with E-state index in [1.807, 2.05) is 0 Å². The minimum absolute atomic E-state index is 0. The maximum Gasteiger partial charge on any atom is 0.631 e. The van der Waals surface area contributed by atoms with Crippen LogP contribution in [0.5, 0.6) is 0 Å². The highest BCUT2D eigenvalue weighted by atomic mass is 32.1. The van der Waals surface area contributed by atoms with Crippen molar-refractivity contribution in [3.05, 3.63) is 0 Å². The van der Waals surface area contributed by atoms with Crippen LogP contribution in [0.4, 0.5) is 0 Å². The molecule has 0 aromatic carbocycles. The molecule has 0 aromatic rings. The molecule has 3 nitrogen and oxygen atoms in total.